The van der Waals surface area contributed by atoms with Crippen molar-refractivity contribution >= 4 is 0 Å². The predicted octanol–water partition coefficient (Wildman–Crippen LogP) is 5.54. The molecule has 0 heterocycles. The van der Waals surface area contributed by atoms with Gasteiger partial charge in [-0.25, -0.2) is 0 Å². The van der Waals surface area contributed by atoms with E-state index in [4.69, 9.17) is 0 Å². The van der Waals surface area contributed by atoms with Crippen LogP contribution in [0.25, 0.3) is 0 Å². The van der Waals surface area contributed by atoms with Crippen molar-refractivity contribution < 1.29 is 0 Å². The molecule has 2 unspecified atom stereocenters. The van der Waals surface area contributed by atoms with Crippen molar-refractivity contribution in [3.8, 4) is 0 Å². The van der Waals surface area contributed by atoms with Crippen LogP contribution >= 0.6 is 0 Å². The zero-order valence-electron chi connectivity index (χ0n) is 14.2. The Kier molecular flexibility index (Phi) is 6.39. The number of rotatable bonds is 6. The van der Waals surface area contributed by atoms with Crippen molar-refractivity contribution in [3.05, 3.63) is 0 Å². The number of hydrogen-bond acceptors (Lipinski definition) is 1. The zero-order chi connectivity index (χ0) is 14.4. The highest BCUT2D eigenvalue weighted by Gasteiger charge is 2.34. The van der Waals surface area contributed by atoms with E-state index in [-0.39, 0.29) is 0 Å². The molecule has 0 aromatic rings. The van der Waals surface area contributed by atoms with E-state index in [0.717, 1.165) is 17.9 Å². The Labute approximate surface area is 127 Å². The van der Waals surface area contributed by atoms with Gasteiger partial charge in [0.1, 0.15) is 0 Å². The molecule has 1 N–H and O–H groups in total. The van der Waals surface area contributed by atoms with Crippen LogP contribution in [-0.2, 0) is 0 Å². The van der Waals surface area contributed by atoms with Gasteiger partial charge in [0.2, 0.25) is 0 Å². The molecule has 2 aliphatic carbocycles. The largest absolute Gasteiger partial charge is 0.313 e. The molecule has 2 fully saturated rings. The molecule has 20 heavy (non-hydrogen) atoms. The van der Waals surface area contributed by atoms with Crippen LogP contribution in [-0.4, -0.2) is 12.6 Å². The third-order valence-corrected chi connectivity index (χ3v) is 5.94. The fourth-order valence-electron chi connectivity index (χ4n) is 4.80. The summed E-state index contributed by atoms with van der Waals surface area (Å²) in [6.07, 6.45) is 16.0. The first-order valence-corrected chi connectivity index (χ1v) is 9.37. The Morgan fingerprint density at radius 2 is 1.75 bits per heavy atom. The van der Waals surface area contributed by atoms with Crippen molar-refractivity contribution in [1.82, 2.24) is 5.32 Å². The van der Waals surface area contributed by atoms with Gasteiger partial charge >= 0.3 is 0 Å². The molecule has 118 valence electrons. The van der Waals surface area contributed by atoms with Gasteiger partial charge in [-0.2, -0.15) is 0 Å². The van der Waals surface area contributed by atoms with Gasteiger partial charge in [0, 0.05) is 12.6 Å². The molecule has 0 saturated heterocycles. The van der Waals surface area contributed by atoms with Gasteiger partial charge in [-0.05, 0) is 55.8 Å². The SMILES string of the molecule is CCC1CCCC(NCC2(CC(C)C)CCCC2)CC1. The van der Waals surface area contributed by atoms with Gasteiger partial charge in [-0.15, -0.1) is 0 Å². The minimum Gasteiger partial charge on any atom is -0.313 e. The van der Waals surface area contributed by atoms with Crippen molar-refractivity contribution in [3.63, 3.8) is 0 Å². The fourth-order valence-corrected chi connectivity index (χ4v) is 4.80. The summed E-state index contributed by atoms with van der Waals surface area (Å²) in [4.78, 5) is 0. The second kappa shape index (κ2) is 7.82. The van der Waals surface area contributed by atoms with Crippen molar-refractivity contribution in [2.24, 2.45) is 17.3 Å². The third kappa shape index (κ3) is 4.76. The van der Waals surface area contributed by atoms with Gasteiger partial charge in [-0.1, -0.05) is 52.9 Å². The van der Waals surface area contributed by atoms with Crippen molar-refractivity contribution in [2.75, 3.05) is 6.54 Å². The summed E-state index contributed by atoms with van der Waals surface area (Å²) in [5.74, 6) is 1.87. The van der Waals surface area contributed by atoms with Crippen molar-refractivity contribution in [2.45, 2.75) is 97.4 Å². The van der Waals surface area contributed by atoms with E-state index in [0.29, 0.717) is 5.41 Å². The first kappa shape index (κ1) is 16.3. The van der Waals surface area contributed by atoms with E-state index in [9.17, 15) is 0 Å². The maximum absolute atomic E-state index is 3.99. The van der Waals surface area contributed by atoms with E-state index in [1.54, 1.807) is 0 Å². The number of hydrogen-bond donors (Lipinski definition) is 1. The lowest BCUT2D eigenvalue weighted by Crippen LogP contribution is -2.39. The molecular weight excluding hydrogens is 242 g/mol. The van der Waals surface area contributed by atoms with Crippen LogP contribution in [0.3, 0.4) is 0 Å². The summed E-state index contributed by atoms with van der Waals surface area (Å²) in [7, 11) is 0. The maximum Gasteiger partial charge on any atom is 0.00673 e. The third-order valence-electron chi connectivity index (χ3n) is 5.94. The van der Waals surface area contributed by atoms with Crippen LogP contribution in [0.4, 0.5) is 0 Å². The highest BCUT2D eigenvalue weighted by molar-refractivity contribution is 4.89. The molecule has 0 aliphatic heterocycles. The molecule has 0 aromatic heterocycles. The molecule has 2 rings (SSSR count). The quantitative estimate of drug-likeness (QED) is 0.629. The molecule has 0 amide bonds. The second-order valence-electron chi connectivity index (χ2n) is 8.17. The highest BCUT2D eigenvalue weighted by atomic mass is 14.9. The fraction of sp³-hybridized carbons (Fsp3) is 1.00. The Morgan fingerprint density at radius 1 is 1.00 bits per heavy atom. The predicted molar refractivity (Wildman–Crippen MR) is 89.0 cm³/mol. The smallest absolute Gasteiger partial charge is 0.00673 e. The Balaban J connectivity index is 1.80. The summed E-state index contributed by atoms with van der Waals surface area (Å²) < 4.78 is 0. The molecule has 0 aromatic carbocycles. The molecule has 2 aliphatic rings. The van der Waals surface area contributed by atoms with Gasteiger partial charge in [0.15, 0.2) is 0 Å². The summed E-state index contributed by atoms with van der Waals surface area (Å²) in [6.45, 7) is 8.47. The van der Waals surface area contributed by atoms with Gasteiger partial charge in [0.25, 0.3) is 0 Å². The van der Waals surface area contributed by atoms with Crippen LogP contribution < -0.4 is 5.32 Å². The zero-order valence-corrected chi connectivity index (χ0v) is 14.2. The van der Waals surface area contributed by atoms with Gasteiger partial charge in [-0.3, -0.25) is 0 Å². The lowest BCUT2D eigenvalue weighted by atomic mass is 9.78. The molecule has 0 radical (unpaired) electrons. The van der Waals surface area contributed by atoms with E-state index < -0.39 is 0 Å². The van der Waals surface area contributed by atoms with Crippen molar-refractivity contribution in [1.29, 1.82) is 0 Å². The van der Waals surface area contributed by atoms with E-state index in [1.807, 2.05) is 0 Å². The summed E-state index contributed by atoms with van der Waals surface area (Å²) >= 11 is 0. The summed E-state index contributed by atoms with van der Waals surface area (Å²) in [6, 6.07) is 0.816. The molecule has 0 spiro atoms. The standard InChI is InChI=1S/C19H37N/c1-4-17-8-7-9-18(11-10-17)20-15-19(14-16(2)3)12-5-6-13-19/h16-18,20H,4-15H2,1-3H3. The van der Waals surface area contributed by atoms with E-state index in [2.05, 4.69) is 26.1 Å². The lowest BCUT2D eigenvalue weighted by molar-refractivity contribution is 0.211. The average molecular weight is 280 g/mol. The summed E-state index contributed by atoms with van der Waals surface area (Å²) in [5, 5.41) is 3.99. The molecule has 2 saturated carbocycles. The minimum absolute atomic E-state index is 0.643. The molecule has 1 heteroatoms. The minimum atomic E-state index is 0.643. The lowest BCUT2D eigenvalue weighted by Gasteiger charge is -2.33. The molecule has 0 bridgehead atoms. The monoisotopic (exact) mass is 279 g/mol. The first-order valence-electron chi connectivity index (χ1n) is 9.37. The Hall–Kier alpha value is -0.0400. The van der Waals surface area contributed by atoms with Gasteiger partial charge in [0.05, 0.1) is 0 Å². The topological polar surface area (TPSA) is 12.0 Å². The van der Waals surface area contributed by atoms with E-state index >= 15 is 0 Å². The molecule has 2 atom stereocenters. The second-order valence-corrected chi connectivity index (χ2v) is 8.17. The van der Waals surface area contributed by atoms with Crippen LogP contribution in [0, 0.1) is 17.3 Å². The van der Waals surface area contributed by atoms with Crippen LogP contribution in [0.15, 0.2) is 0 Å². The van der Waals surface area contributed by atoms with Gasteiger partial charge < -0.3 is 5.32 Å². The molecular formula is C19H37N. The maximum atomic E-state index is 3.99. The molecule has 1 nitrogen and oxygen atoms in total. The Morgan fingerprint density at radius 3 is 2.40 bits per heavy atom. The number of nitrogens with one attached hydrogen (secondary N) is 1. The van der Waals surface area contributed by atoms with Crippen LogP contribution in [0.1, 0.15) is 91.4 Å². The summed E-state index contributed by atoms with van der Waals surface area (Å²) in [5.41, 5.74) is 0.643. The van der Waals surface area contributed by atoms with E-state index in [1.165, 1.54) is 77.2 Å². The van der Waals surface area contributed by atoms with Crippen LogP contribution in [0.2, 0.25) is 0 Å². The first-order chi connectivity index (χ1) is 9.63. The van der Waals surface area contributed by atoms with Crippen LogP contribution in [0.5, 0.6) is 0 Å². The Bertz CT molecular complexity index is 265. The highest BCUT2D eigenvalue weighted by Crippen LogP contribution is 2.42. The average Bonchev–Trinajstić information content (AvgIpc) is 2.74. The normalized spacial score (nSPS) is 30.6.